The molecule has 26 heavy (non-hydrogen) atoms. The maximum atomic E-state index is 4.58. The van der Waals surface area contributed by atoms with Crippen LogP contribution in [0.2, 0.25) is 0 Å². The first-order valence-corrected chi connectivity index (χ1v) is 8.35. The number of benzene rings is 2. The van der Waals surface area contributed by atoms with Crippen LogP contribution in [0.25, 0.3) is 27.7 Å². The van der Waals surface area contributed by atoms with Crippen LogP contribution in [-0.2, 0) is 7.05 Å². The summed E-state index contributed by atoms with van der Waals surface area (Å²) < 4.78 is 3.81. The van der Waals surface area contributed by atoms with Crippen molar-refractivity contribution in [2.24, 2.45) is 7.05 Å². The van der Waals surface area contributed by atoms with Gasteiger partial charge in [-0.1, -0.05) is 36.4 Å². The van der Waals surface area contributed by atoms with Crippen LogP contribution in [0.1, 0.15) is 0 Å². The molecule has 0 bridgehead atoms. The van der Waals surface area contributed by atoms with Gasteiger partial charge in [0.2, 0.25) is 0 Å². The van der Waals surface area contributed by atoms with Crippen molar-refractivity contribution >= 4 is 27.9 Å². The number of anilines is 2. The zero-order valence-electron chi connectivity index (χ0n) is 14.2. The van der Waals surface area contributed by atoms with Gasteiger partial charge < -0.3 is 5.32 Å². The van der Waals surface area contributed by atoms with E-state index in [9.17, 15) is 0 Å². The molecule has 3 aromatic heterocycles. The summed E-state index contributed by atoms with van der Waals surface area (Å²) in [5.41, 5.74) is 3.78. The SMILES string of the molecule is Cn1cc(-c2cnc3c(Nc4cccc5ccccc45)nccn23)cn1. The average molecular weight is 340 g/mol. The lowest BCUT2D eigenvalue weighted by atomic mass is 10.1. The number of aryl methyl sites for hydroxylation is 1. The first kappa shape index (κ1) is 14.7. The smallest absolute Gasteiger partial charge is 0.180 e. The zero-order chi connectivity index (χ0) is 17.5. The van der Waals surface area contributed by atoms with Gasteiger partial charge in [0, 0.05) is 42.3 Å². The number of nitrogens with zero attached hydrogens (tertiary/aromatic N) is 5. The Morgan fingerprint density at radius 2 is 1.85 bits per heavy atom. The van der Waals surface area contributed by atoms with Crippen LogP contribution in [0.5, 0.6) is 0 Å². The quantitative estimate of drug-likeness (QED) is 0.539. The molecule has 6 heteroatoms. The van der Waals surface area contributed by atoms with E-state index in [0.29, 0.717) is 0 Å². The highest BCUT2D eigenvalue weighted by Crippen LogP contribution is 2.28. The molecule has 0 radical (unpaired) electrons. The molecule has 6 nitrogen and oxygen atoms in total. The highest BCUT2D eigenvalue weighted by Gasteiger charge is 2.12. The van der Waals surface area contributed by atoms with Gasteiger partial charge in [0.15, 0.2) is 11.5 Å². The first-order chi connectivity index (χ1) is 12.8. The monoisotopic (exact) mass is 340 g/mol. The molecule has 0 aliphatic carbocycles. The van der Waals surface area contributed by atoms with Crippen LogP contribution < -0.4 is 5.32 Å². The highest BCUT2D eigenvalue weighted by atomic mass is 15.2. The van der Waals surface area contributed by atoms with Crippen LogP contribution in [0.4, 0.5) is 11.5 Å². The van der Waals surface area contributed by atoms with E-state index in [1.807, 2.05) is 54.4 Å². The molecule has 0 atom stereocenters. The minimum Gasteiger partial charge on any atom is -0.337 e. The Morgan fingerprint density at radius 3 is 2.73 bits per heavy atom. The van der Waals surface area contributed by atoms with E-state index in [-0.39, 0.29) is 0 Å². The fraction of sp³-hybridized carbons (Fsp3) is 0.0500. The molecule has 0 unspecified atom stereocenters. The summed E-state index contributed by atoms with van der Waals surface area (Å²) in [7, 11) is 1.90. The normalized spacial score (nSPS) is 11.3. The summed E-state index contributed by atoms with van der Waals surface area (Å²) in [5.74, 6) is 0.721. The summed E-state index contributed by atoms with van der Waals surface area (Å²) in [6.45, 7) is 0. The van der Waals surface area contributed by atoms with E-state index < -0.39 is 0 Å². The molecule has 0 saturated heterocycles. The Hall–Kier alpha value is -3.67. The molecular formula is C20H16N6. The summed E-state index contributed by atoms with van der Waals surface area (Å²) in [4.78, 5) is 9.09. The molecule has 5 aromatic rings. The van der Waals surface area contributed by atoms with Crippen molar-refractivity contribution in [1.29, 1.82) is 0 Å². The standard InChI is InChI=1S/C20H16N6/c1-25-13-15(11-23-25)18-12-22-20-19(21-9-10-26(18)20)24-17-8-4-6-14-5-2-3-7-16(14)17/h2-13H,1H3,(H,21,24). The maximum absolute atomic E-state index is 4.58. The van der Waals surface area contributed by atoms with Gasteiger partial charge in [-0.3, -0.25) is 9.08 Å². The fourth-order valence-corrected chi connectivity index (χ4v) is 3.24. The molecular weight excluding hydrogens is 324 g/mol. The van der Waals surface area contributed by atoms with Gasteiger partial charge in [-0.2, -0.15) is 5.10 Å². The maximum Gasteiger partial charge on any atom is 0.180 e. The van der Waals surface area contributed by atoms with Crippen LogP contribution in [0, 0.1) is 0 Å². The molecule has 0 spiro atoms. The minimum absolute atomic E-state index is 0.721. The molecule has 1 N–H and O–H groups in total. The van der Waals surface area contributed by atoms with E-state index in [2.05, 4.69) is 44.6 Å². The molecule has 2 aromatic carbocycles. The van der Waals surface area contributed by atoms with Crippen molar-refractivity contribution in [1.82, 2.24) is 24.1 Å². The predicted octanol–water partition coefficient (Wildman–Crippen LogP) is 4.03. The van der Waals surface area contributed by atoms with Crippen molar-refractivity contribution in [2.75, 3.05) is 5.32 Å². The first-order valence-electron chi connectivity index (χ1n) is 8.35. The Labute approximate surface area is 149 Å². The molecule has 126 valence electrons. The van der Waals surface area contributed by atoms with Crippen molar-refractivity contribution < 1.29 is 0 Å². The highest BCUT2D eigenvalue weighted by molar-refractivity contribution is 5.96. The molecule has 0 fully saturated rings. The number of rotatable bonds is 3. The van der Waals surface area contributed by atoms with Gasteiger partial charge in [0.1, 0.15) is 0 Å². The van der Waals surface area contributed by atoms with Gasteiger partial charge in [-0.05, 0) is 11.5 Å². The van der Waals surface area contributed by atoms with Gasteiger partial charge in [-0.25, -0.2) is 9.97 Å². The lowest BCUT2D eigenvalue weighted by Gasteiger charge is -2.10. The van der Waals surface area contributed by atoms with Crippen molar-refractivity contribution in [3.05, 3.63) is 73.4 Å². The molecule has 3 heterocycles. The summed E-state index contributed by atoms with van der Waals surface area (Å²) in [6, 6.07) is 14.5. The molecule has 5 rings (SSSR count). The van der Waals surface area contributed by atoms with E-state index in [4.69, 9.17) is 0 Å². The second-order valence-electron chi connectivity index (χ2n) is 6.17. The van der Waals surface area contributed by atoms with Crippen LogP contribution in [0.3, 0.4) is 0 Å². The third-order valence-electron chi connectivity index (χ3n) is 4.47. The minimum atomic E-state index is 0.721. The van der Waals surface area contributed by atoms with Gasteiger partial charge in [0.05, 0.1) is 18.1 Å². The number of hydrogen-bond donors (Lipinski definition) is 1. The van der Waals surface area contributed by atoms with Crippen molar-refractivity contribution in [3.8, 4) is 11.3 Å². The second-order valence-corrected chi connectivity index (χ2v) is 6.17. The fourth-order valence-electron chi connectivity index (χ4n) is 3.24. The van der Waals surface area contributed by atoms with Gasteiger partial charge >= 0.3 is 0 Å². The van der Waals surface area contributed by atoms with Crippen LogP contribution in [0.15, 0.2) is 73.4 Å². The Bertz CT molecular complexity index is 1230. The lowest BCUT2D eigenvalue weighted by molar-refractivity contribution is 0.768. The average Bonchev–Trinajstić information content (AvgIpc) is 3.28. The van der Waals surface area contributed by atoms with E-state index in [0.717, 1.165) is 33.8 Å². The van der Waals surface area contributed by atoms with Crippen LogP contribution >= 0.6 is 0 Å². The number of aromatic nitrogens is 5. The van der Waals surface area contributed by atoms with E-state index in [1.165, 1.54) is 5.39 Å². The van der Waals surface area contributed by atoms with E-state index >= 15 is 0 Å². The molecule has 0 saturated carbocycles. The largest absolute Gasteiger partial charge is 0.337 e. The number of fused-ring (bicyclic) bond motifs is 2. The van der Waals surface area contributed by atoms with E-state index in [1.54, 1.807) is 10.9 Å². The number of hydrogen-bond acceptors (Lipinski definition) is 4. The van der Waals surface area contributed by atoms with Crippen molar-refractivity contribution in [3.63, 3.8) is 0 Å². The Kier molecular flexibility index (Phi) is 3.21. The Morgan fingerprint density at radius 1 is 0.962 bits per heavy atom. The lowest BCUT2D eigenvalue weighted by Crippen LogP contribution is -1.99. The summed E-state index contributed by atoms with van der Waals surface area (Å²) >= 11 is 0. The predicted molar refractivity (Wildman–Crippen MR) is 102 cm³/mol. The van der Waals surface area contributed by atoms with Crippen molar-refractivity contribution in [2.45, 2.75) is 0 Å². The van der Waals surface area contributed by atoms with Crippen LogP contribution in [-0.4, -0.2) is 24.1 Å². The molecule has 0 aliphatic rings. The number of imidazole rings is 1. The topological polar surface area (TPSA) is 60.0 Å². The summed E-state index contributed by atoms with van der Waals surface area (Å²) in [6.07, 6.45) is 9.35. The number of nitrogens with one attached hydrogen (secondary N) is 1. The van der Waals surface area contributed by atoms with Gasteiger partial charge in [0.25, 0.3) is 0 Å². The Balaban J connectivity index is 1.62. The third kappa shape index (κ3) is 2.31. The molecule has 0 amide bonds. The second kappa shape index (κ2) is 5.70. The van der Waals surface area contributed by atoms with Gasteiger partial charge in [-0.15, -0.1) is 0 Å². The summed E-state index contributed by atoms with van der Waals surface area (Å²) in [5, 5.41) is 10.0. The zero-order valence-corrected chi connectivity index (χ0v) is 14.2. The molecule has 0 aliphatic heterocycles. The third-order valence-corrected chi connectivity index (χ3v) is 4.47.